The number of aromatic nitrogens is 1. The Kier molecular flexibility index (Phi) is 6.20. The molecule has 35 heavy (non-hydrogen) atoms. The van der Waals surface area contributed by atoms with Crippen LogP contribution in [0.5, 0.6) is 5.88 Å². The number of fused-ring (bicyclic) bond motifs is 1. The largest absolute Gasteiger partial charge is 0.494 e. The summed E-state index contributed by atoms with van der Waals surface area (Å²) in [5.74, 6) is -0.897. The zero-order valence-electron chi connectivity index (χ0n) is 19.3. The zero-order valence-corrected chi connectivity index (χ0v) is 19.3. The predicted octanol–water partition coefficient (Wildman–Crippen LogP) is 4.77. The molecule has 3 N–H and O–H groups in total. The van der Waals surface area contributed by atoms with E-state index in [0.29, 0.717) is 22.2 Å². The minimum atomic E-state index is -0.473. The van der Waals surface area contributed by atoms with Gasteiger partial charge in [-0.05, 0) is 61.6 Å². The van der Waals surface area contributed by atoms with E-state index in [0.717, 1.165) is 37.6 Å². The summed E-state index contributed by atoms with van der Waals surface area (Å²) in [6.45, 7) is 3.98. The predicted molar refractivity (Wildman–Crippen MR) is 138 cm³/mol. The van der Waals surface area contributed by atoms with E-state index in [9.17, 15) is 14.3 Å². The lowest BCUT2D eigenvalue weighted by Gasteiger charge is -2.34. The summed E-state index contributed by atoms with van der Waals surface area (Å²) in [4.78, 5) is 24.7. The fourth-order valence-electron chi connectivity index (χ4n) is 4.21. The van der Waals surface area contributed by atoms with Gasteiger partial charge in [-0.15, -0.1) is 0 Å². The summed E-state index contributed by atoms with van der Waals surface area (Å²) in [5.41, 5.74) is 3.89. The Hall–Kier alpha value is -4.17. The van der Waals surface area contributed by atoms with Crippen LogP contribution in [0, 0.1) is 5.82 Å². The van der Waals surface area contributed by atoms with Gasteiger partial charge in [0.25, 0.3) is 5.91 Å². The van der Waals surface area contributed by atoms with Gasteiger partial charge in [0.2, 0.25) is 0 Å². The van der Waals surface area contributed by atoms with Crippen molar-refractivity contribution in [1.29, 1.82) is 0 Å². The van der Waals surface area contributed by atoms with Crippen LogP contribution in [0.4, 0.5) is 21.5 Å². The molecule has 1 aliphatic rings. The second-order valence-corrected chi connectivity index (χ2v) is 8.68. The molecule has 1 aromatic heterocycles. The van der Waals surface area contributed by atoms with Crippen molar-refractivity contribution in [3.05, 3.63) is 83.7 Å². The van der Waals surface area contributed by atoms with Crippen molar-refractivity contribution >= 4 is 40.1 Å². The number of rotatable bonds is 5. The number of carbonyl (C=O) groups is 1. The van der Waals surface area contributed by atoms with Crippen LogP contribution >= 0.6 is 0 Å². The van der Waals surface area contributed by atoms with Gasteiger partial charge in [0.15, 0.2) is 5.88 Å². The second kappa shape index (κ2) is 9.60. The standard InChI is InChI=1S/C27H26FN5O2/c1-32-10-12-33(13-11-32)22-7-3-6-20(15-22)29-17-24-23-16-21(8-9-25(23)31-27(24)35)30-26(34)18-4-2-5-19(28)14-18/h2-9,14-17,31,35H,10-13H2,1H3,(H,30,34). The molecule has 7 nitrogen and oxygen atoms in total. The molecule has 0 unspecified atom stereocenters. The van der Waals surface area contributed by atoms with Crippen molar-refractivity contribution < 1.29 is 14.3 Å². The van der Waals surface area contributed by atoms with E-state index in [1.807, 2.05) is 18.2 Å². The summed E-state index contributed by atoms with van der Waals surface area (Å²) in [7, 11) is 2.13. The molecular formula is C27H26FN5O2. The number of nitrogens with zero attached hydrogens (tertiary/aromatic N) is 3. The number of H-pyrrole nitrogens is 1. The highest BCUT2D eigenvalue weighted by molar-refractivity contribution is 6.07. The van der Waals surface area contributed by atoms with E-state index >= 15 is 0 Å². The number of carbonyl (C=O) groups excluding carboxylic acids is 1. The van der Waals surface area contributed by atoms with Gasteiger partial charge in [-0.25, -0.2) is 4.39 Å². The third-order valence-electron chi connectivity index (χ3n) is 6.20. The van der Waals surface area contributed by atoms with Crippen LogP contribution in [0.3, 0.4) is 0 Å². The van der Waals surface area contributed by atoms with Crippen LogP contribution in [0.25, 0.3) is 10.9 Å². The second-order valence-electron chi connectivity index (χ2n) is 8.68. The van der Waals surface area contributed by atoms with Gasteiger partial charge in [-0.1, -0.05) is 12.1 Å². The molecule has 0 saturated carbocycles. The maximum absolute atomic E-state index is 13.5. The van der Waals surface area contributed by atoms with E-state index in [1.165, 1.54) is 18.2 Å². The molecule has 0 aliphatic carbocycles. The third kappa shape index (κ3) is 5.02. The van der Waals surface area contributed by atoms with Crippen molar-refractivity contribution in [2.45, 2.75) is 0 Å². The Morgan fingerprint density at radius 2 is 1.86 bits per heavy atom. The van der Waals surface area contributed by atoms with Gasteiger partial charge < -0.3 is 25.2 Å². The number of hydrogen-bond donors (Lipinski definition) is 3. The molecule has 4 aromatic rings. The number of aromatic amines is 1. The molecule has 8 heteroatoms. The molecular weight excluding hydrogens is 445 g/mol. The fourth-order valence-corrected chi connectivity index (χ4v) is 4.21. The highest BCUT2D eigenvalue weighted by Crippen LogP contribution is 2.30. The van der Waals surface area contributed by atoms with Crippen molar-refractivity contribution in [1.82, 2.24) is 9.88 Å². The fraction of sp³-hybridized carbons (Fsp3) is 0.185. The number of benzene rings is 3. The highest BCUT2D eigenvalue weighted by atomic mass is 19.1. The Balaban J connectivity index is 1.38. The summed E-state index contributed by atoms with van der Waals surface area (Å²) in [5, 5.41) is 14.0. The van der Waals surface area contributed by atoms with Crippen LogP contribution in [0.2, 0.25) is 0 Å². The molecule has 0 atom stereocenters. The lowest BCUT2D eigenvalue weighted by Crippen LogP contribution is -2.44. The molecule has 0 radical (unpaired) electrons. The van der Waals surface area contributed by atoms with E-state index in [2.05, 4.69) is 38.2 Å². The van der Waals surface area contributed by atoms with Gasteiger partial charge in [0.05, 0.1) is 11.3 Å². The lowest BCUT2D eigenvalue weighted by molar-refractivity contribution is 0.102. The summed E-state index contributed by atoms with van der Waals surface area (Å²) < 4.78 is 13.5. The maximum atomic E-state index is 13.5. The number of anilines is 2. The Labute approximate surface area is 202 Å². The van der Waals surface area contributed by atoms with E-state index in [1.54, 1.807) is 30.5 Å². The van der Waals surface area contributed by atoms with Gasteiger partial charge >= 0.3 is 0 Å². The van der Waals surface area contributed by atoms with Crippen LogP contribution < -0.4 is 10.2 Å². The van der Waals surface area contributed by atoms with Gasteiger partial charge in [-0.2, -0.15) is 0 Å². The Morgan fingerprint density at radius 1 is 1.06 bits per heavy atom. The number of halogens is 1. The topological polar surface area (TPSA) is 84.0 Å². The first-order valence-electron chi connectivity index (χ1n) is 11.5. The smallest absolute Gasteiger partial charge is 0.255 e. The van der Waals surface area contributed by atoms with Crippen molar-refractivity contribution in [2.24, 2.45) is 4.99 Å². The average molecular weight is 472 g/mol. The monoisotopic (exact) mass is 471 g/mol. The number of hydrogen-bond acceptors (Lipinski definition) is 5. The molecule has 2 heterocycles. The maximum Gasteiger partial charge on any atom is 0.255 e. The molecule has 1 saturated heterocycles. The quantitative estimate of drug-likeness (QED) is 0.366. The lowest BCUT2D eigenvalue weighted by atomic mass is 10.1. The Morgan fingerprint density at radius 3 is 2.66 bits per heavy atom. The highest BCUT2D eigenvalue weighted by Gasteiger charge is 2.15. The van der Waals surface area contributed by atoms with Crippen molar-refractivity contribution in [3.8, 4) is 5.88 Å². The van der Waals surface area contributed by atoms with Crippen LogP contribution in [0.15, 0.2) is 71.7 Å². The minimum Gasteiger partial charge on any atom is -0.494 e. The third-order valence-corrected chi connectivity index (χ3v) is 6.20. The van der Waals surface area contributed by atoms with Gasteiger partial charge in [0, 0.05) is 60.2 Å². The van der Waals surface area contributed by atoms with Crippen LogP contribution in [0.1, 0.15) is 15.9 Å². The Bertz CT molecular complexity index is 1410. The summed E-state index contributed by atoms with van der Waals surface area (Å²) in [6, 6.07) is 18.8. The number of aromatic hydroxyl groups is 1. The number of nitrogens with one attached hydrogen (secondary N) is 2. The van der Waals surface area contributed by atoms with Crippen LogP contribution in [-0.2, 0) is 0 Å². The molecule has 178 valence electrons. The van der Waals surface area contributed by atoms with Crippen LogP contribution in [-0.4, -0.2) is 60.3 Å². The number of amides is 1. The molecule has 3 aromatic carbocycles. The summed E-state index contributed by atoms with van der Waals surface area (Å²) >= 11 is 0. The first-order chi connectivity index (χ1) is 17.0. The molecule has 5 rings (SSSR count). The first kappa shape index (κ1) is 22.6. The number of aliphatic imine (C=N–C) groups is 1. The number of piperazine rings is 1. The average Bonchev–Trinajstić information content (AvgIpc) is 3.17. The van der Waals surface area contributed by atoms with E-state index in [-0.39, 0.29) is 11.4 Å². The number of likely N-dealkylation sites (N-methyl/N-ethyl adjacent to an activating group) is 1. The van der Waals surface area contributed by atoms with Crippen molar-refractivity contribution in [3.63, 3.8) is 0 Å². The SMILES string of the molecule is CN1CCN(c2cccc(N=Cc3c(O)[nH]c4ccc(NC(=O)c5cccc(F)c5)cc34)c2)CC1. The zero-order chi connectivity index (χ0) is 24.4. The molecule has 1 amide bonds. The molecule has 1 aliphatic heterocycles. The summed E-state index contributed by atoms with van der Waals surface area (Å²) in [6.07, 6.45) is 1.62. The molecule has 0 bridgehead atoms. The first-order valence-corrected chi connectivity index (χ1v) is 11.5. The molecule has 1 fully saturated rings. The normalized spacial score (nSPS) is 14.6. The van der Waals surface area contributed by atoms with E-state index in [4.69, 9.17) is 0 Å². The van der Waals surface area contributed by atoms with E-state index < -0.39 is 11.7 Å². The van der Waals surface area contributed by atoms with Crippen molar-refractivity contribution in [2.75, 3.05) is 43.4 Å². The minimum absolute atomic E-state index is 0.00687. The van der Waals surface area contributed by atoms with Gasteiger partial charge in [-0.3, -0.25) is 9.79 Å². The molecule has 0 spiro atoms. The van der Waals surface area contributed by atoms with Gasteiger partial charge in [0.1, 0.15) is 5.82 Å².